The fourth-order valence-corrected chi connectivity index (χ4v) is 3.82. The number of nitrogens with one attached hydrogen (secondary N) is 1. The minimum Gasteiger partial charge on any atom is -0.383 e. The summed E-state index contributed by atoms with van der Waals surface area (Å²) in [5.74, 6) is -0.458. The molecule has 0 bridgehead atoms. The zero-order valence-corrected chi connectivity index (χ0v) is 17.6. The van der Waals surface area contributed by atoms with Crippen molar-refractivity contribution in [3.8, 4) is 0 Å². The second-order valence-electron chi connectivity index (χ2n) is 7.51. The molecule has 3 aromatic rings. The summed E-state index contributed by atoms with van der Waals surface area (Å²) in [6.45, 7) is 4.06. The molecule has 0 spiro atoms. The summed E-state index contributed by atoms with van der Waals surface area (Å²) in [5, 5.41) is 3.31. The average molecular weight is 455 g/mol. The first-order valence-electron chi connectivity index (χ1n) is 10.3. The van der Waals surface area contributed by atoms with Gasteiger partial charge >= 0.3 is 12.4 Å². The van der Waals surface area contributed by atoms with E-state index in [1.807, 2.05) is 19.9 Å². The van der Waals surface area contributed by atoms with E-state index in [1.54, 1.807) is 12.3 Å². The lowest BCUT2D eigenvalue weighted by Gasteiger charge is -2.23. The van der Waals surface area contributed by atoms with E-state index >= 15 is 0 Å². The number of para-hydroxylation sites is 1. The van der Waals surface area contributed by atoms with Gasteiger partial charge in [-0.3, -0.25) is 4.98 Å². The Morgan fingerprint density at radius 2 is 1.72 bits per heavy atom. The molecule has 0 aliphatic heterocycles. The average Bonchev–Trinajstić information content (AvgIpc) is 2.74. The van der Waals surface area contributed by atoms with Gasteiger partial charge in [-0.15, -0.1) is 0 Å². The van der Waals surface area contributed by atoms with Gasteiger partial charge in [0.25, 0.3) is 0 Å². The van der Waals surface area contributed by atoms with E-state index in [9.17, 15) is 26.3 Å². The van der Waals surface area contributed by atoms with Crippen molar-refractivity contribution in [1.82, 2.24) is 9.97 Å². The van der Waals surface area contributed by atoms with Gasteiger partial charge < -0.3 is 5.32 Å². The highest BCUT2D eigenvalue weighted by atomic mass is 19.4. The van der Waals surface area contributed by atoms with Crippen molar-refractivity contribution >= 4 is 16.6 Å². The Balaban J connectivity index is 2.14. The molecule has 0 radical (unpaired) electrons. The van der Waals surface area contributed by atoms with Crippen molar-refractivity contribution in [1.29, 1.82) is 0 Å². The maximum atomic E-state index is 13.6. The predicted molar refractivity (Wildman–Crippen MR) is 112 cm³/mol. The van der Waals surface area contributed by atoms with Crippen molar-refractivity contribution in [3.63, 3.8) is 0 Å². The van der Waals surface area contributed by atoms with Crippen LogP contribution in [-0.2, 0) is 18.8 Å². The van der Waals surface area contributed by atoms with Gasteiger partial charge in [-0.2, -0.15) is 26.3 Å². The Morgan fingerprint density at radius 1 is 0.969 bits per heavy atom. The van der Waals surface area contributed by atoms with E-state index in [2.05, 4.69) is 15.3 Å². The lowest BCUT2D eigenvalue weighted by atomic mass is 9.89. The first-order chi connectivity index (χ1) is 15.1. The fourth-order valence-electron chi connectivity index (χ4n) is 3.82. The zero-order valence-electron chi connectivity index (χ0n) is 17.6. The molecular weight excluding hydrogens is 432 g/mol. The number of aryl methyl sites for hydroxylation is 1. The summed E-state index contributed by atoms with van der Waals surface area (Å²) in [4.78, 5) is 7.67. The van der Waals surface area contributed by atoms with Gasteiger partial charge in [0.15, 0.2) is 0 Å². The number of pyridine rings is 2. The van der Waals surface area contributed by atoms with Crippen LogP contribution in [0.4, 0.5) is 32.0 Å². The van der Waals surface area contributed by atoms with Crippen LogP contribution >= 0.6 is 0 Å². The van der Waals surface area contributed by atoms with Crippen molar-refractivity contribution in [2.75, 3.05) is 11.9 Å². The molecule has 2 heterocycles. The molecule has 9 heteroatoms. The number of nitrogens with zero attached hydrogens (tertiary/aromatic N) is 2. The summed E-state index contributed by atoms with van der Waals surface area (Å²) in [6, 6.07) is 7.81. The number of fused-ring (bicyclic) bond motifs is 1. The summed E-state index contributed by atoms with van der Waals surface area (Å²) < 4.78 is 81.3. The van der Waals surface area contributed by atoms with Crippen LogP contribution in [0.25, 0.3) is 10.9 Å². The molecule has 0 saturated carbocycles. The zero-order chi connectivity index (χ0) is 23.5. The van der Waals surface area contributed by atoms with Crippen LogP contribution in [0.15, 0.2) is 42.6 Å². The van der Waals surface area contributed by atoms with Gasteiger partial charge in [-0.05, 0) is 42.7 Å². The molecule has 0 amide bonds. The molecule has 0 saturated heterocycles. The van der Waals surface area contributed by atoms with Gasteiger partial charge in [0.05, 0.1) is 22.5 Å². The van der Waals surface area contributed by atoms with E-state index in [1.165, 1.54) is 12.1 Å². The molecule has 0 aliphatic carbocycles. The topological polar surface area (TPSA) is 37.8 Å². The monoisotopic (exact) mass is 455 g/mol. The molecule has 0 aliphatic rings. The third-order valence-corrected chi connectivity index (χ3v) is 5.31. The van der Waals surface area contributed by atoms with E-state index in [0.29, 0.717) is 19.3 Å². The van der Waals surface area contributed by atoms with Gasteiger partial charge in [0.2, 0.25) is 0 Å². The van der Waals surface area contributed by atoms with E-state index in [-0.39, 0.29) is 17.5 Å². The van der Waals surface area contributed by atoms with Crippen LogP contribution in [0.1, 0.15) is 55.1 Å². The van der Waals surface area contributed by atoms with E-state index < -0.39 is 35.0 Å². The van der Waals surface area contributed by atoms with Crippen molar-refractivity contribution < 1.29 is 26.3 Å². The molecular formula is C23H23F6N3. The van der Waals surface area contributed by atoms with Crippen molar-refractivity contribution in [2.24, 2.45) is 0 Å². The number of aromatic nitrogens is 2. The number of anilines is 1. The van der Waals surface area contributed by atoms with Gasteiger partial charge in [0, 0.05) is 24.0 Å². The molecule has 1 N–H and O–H groups in total. The normalized spacial score (nSPS) is 13.4. The quantitative estimate of drug-likeness (QED) is 0.382. The molecule has 172 valence electrons. The SMILES string of the molecule is CCCC(CNc1cccnc1CC)c1cc(C(F)(F)F)nc2c(C(F)(F)F)cccc12. The summed E-state index contributed by atoms with van der Waals surface area (Å²) >= 11 is 0. The lowest BCUT2D eigenvalue weighted by Crippen LogP contribution is -2.18. The first-order valence-corrected chi connectivity index (χ1v) is 10.3. The molecule has 3 nitrogen and oxygen atoms in total. The molecule has 1 aromatic carbocycles. The number of halogens is 6. The molecule has 0 fully saturated rings. The molecule has 32 heavy (non-hydrogen) atoms. The first kappa shape index (κ1) is 23.8. The maximum Gasteiger partial charge on any atom is 0.433 e. The third kappa shape index (κ3) is 5.14. The Bertz CT molecular complexity index is 1080. The van der Waals surface area contributed by atoms with Crippen molar-refractivity contribution in [3.05, 3.63) is 65.1 Å². The second-order valence-corrected chi connectivity index (χ2v) is 7.51. The number of hydrogen-bond donors (Lipinski definition) is 1. The Morgan fingerprint density at radius 3 is 2.34 bits per heavy atom. The highest BCUT2D eigenvalue weighted by Gasteiger charge is 2.38. The van der Waals surface area contributed by atoms with Gasteiger partial charge in [0.1, 0.15) is 5.69 Å². The highest BCUT2D eigenvalue weighted by Crippen LogP contribution is 2.40. The van der Waals surface area contributed by atoms with E-state index in [4.69, 9.17) is 0 Å². The minimum absolute atomic E-state index is 0.0787. The Labute approximate surface area is 181 Å². The summed E-state index contributed by atoms with van der Waals surface area (Å²) in [5.41, 5.74) is -1.43. The molecule has 3 rings (SSSR count). The van der Waals surface area contributed by atoms with Crippen LogP contribution in [-0.4, -0.2) is 16.5 Å². The number of rotatable bonds is 7. The highest BCUT2D eigenvalue weighted by molar-refractivity contribution is 5.86. The summed E-state index contributed by atoms with van der Waals surface area (Å²) in [7, 11) is 0. The molecule has 1 atom stereocenters. The standard InChI is InChI=1S/C23H23F6N3/c1-3-7-14(13-31-19-10-6-11-30-18(19)4-2)16-12-20(23(27,28)29)32-21-15(16)8-5-9-17(21)22(24,25)26/h5-6,8-12,14,31H,3-4,7,13H2,1-2H3. The number of benzene rings is 1. The predicted octanol–water partition coefficient (Wildman–Crippen LogP) is 7.23. The van der Waals surface area contributed by atoms with Crippen LogP contribution in [0, 0.1) is 0 Å². The third-order valence-electron chi connectivity index (χ3n) is 5.31. The maximum absolute atomic E-state index is 13.6. The Kier molecular flexibility index (Phi) is 6.95. The van der Waals surface area contributed by atoms with Crippen LogP contribution in [0.2, 0.25) is 0 Å². The molecule has 1 unspecified atom stereocenters. The van der Waals surface area contributed by atoms with Crippen LogP contribution in [0.3, 0.4) is 0 Å². The van der Waals surface area contributed by atoms with Gasteiger partial charge in [-0.25, -0.2) is 4.98 Å². The second kappa shape index (κ2) is 9.34. The summed E-state index contributed by atoms with van der Waals surface area (Å²) in [6.07, 6.45) is -6.25. The minimum atomic E-state index is -4.87. The van der Waals surface area contributed by atoms with E-state index in [0.717, 1.165) is 23.5 Å². The van der Waals surface area contributed by atoms with Crippen LogP contribution < -0.4 is 5.32 Å². The smallest absolute Gasteiger partial charge is 0.383 e. The Hall–Kier alpha value is -2.84. The fraction of sp³-hybridized carbons (Fsp3) is 0.391. The largest absolute Gasteiger partial charge is 0.433 e. The van der Waals surface area contributed by atoms with Crippen LogP contribution in [0.5, 0.6) is 0 Å². The van der Waals surface area contributed by atoms with Crippen molar-refractivity contribution in [2.45, 2.75) is 51.4 Å². The number of hydrogen-bond acceptors (Lipinski definition) is 3. The number of alkyl halides is 6. The lowest BCUT2D eigenvalue weighted by molar-refractivity contribution is -0.142. The molecule has 2 aromatic heterocycles. The van der Waals surface area contributed by atoms with Gasteiger partial charge in [-0.1, -0.05) is 32.4 Å².